The van der Waals surface area contributed by atoms with Gasteiger partial charge in [0.05, 0.1) is 6.61 Å². The lowest BCUT2D eigenvalue weighted by molar-refractivity contribution is -0.119. The summed E-state index contributed by atoms with van der Waals surface area (Å²) in [6.45, 7) is 9.24. The number of ether oxygens (including phenoxy) is 1. The van der Waals surface area contributed by atoms with Crippen LogP contribution in [0.5, 0.6) is 0 Å². The molecular weight excluding hydrogens is 256 g/mol. The van der Waals surface area contributed by atoms with E-state index in [0.29, 0.717) is 25.0 Å². The van der Waals surface area contributed by atoms with Crippen molar-refractivity contribution in [2.75, 3.05) is 39.9 Å². The van der Waals surface area contributed by atoms with Gasteiger partial charge in [0.2, 0.25) is 5.91 Å². The van der Waals surface area contributed by atoms with Crippen LogP contribution in [0.15, 0.2) is 4.99 Å². The summed E-state index contributed by atoms with van der Waals surface area (Å²) in [7, 11) is 1.61. The molecule has 0 aromatic rings. The number of nitrogens with one attached hydrogen (secondary N) is 3. The molecule has 3 N–H and O–H groups in total. The maximum Gasteiger partial charge on any atom is 0.241 e. The van der Waals surface area contributed by atoms with Crippen molar-refractivity contribution in [2.24, 2.45) is 10.9 Å². The van der Waals surface area contributed by atoms with Gasteiger partial charge in [-0.3, -0.25) is 4.79 Å². The Balaban J connectivity index is 3.96. The van der Waals surface area contributed by atoms with E-state index >= 15 is 0 Å². The first-order valence-corrected chi connectivity index (χ1v) is 7.38. The Morgan fingerprint density at radius 1 is 1.20 bits per heavy atom. The summed E-state index contributed by atoms with van der Waals surface area (Å²) in [6.07, 6.45) is 2.28. The maximum absolute atomic E-state index is 11.5. The molecule has 6 nitrogen and oxygen atoms in total. The van der Waals surface area contributed by atoms with Gasteiger partial charge in [-0.1, -0.05) is 13.8 Å². The van der Waals surface area contributed by atoms with Crippen LogP contribution in [0, 0.1) is 5.92 Å². The third kappa shape index (κ3) is 11.8. The number of carbonyl (C=O) groups is 1. The van der Waals surface area contributed by atoms with Crippen molar-refractivity contribution in [3.8, 4) is 0 Å². The summed E-state index contributed by atoms with van der Waals surface area (Å²) in [5, 5.41) is 9.10. The van der Waals surface area contributed by atoms with Crippen molar-refractivity contribution >= 4 is 11.9 Å². The van der Waals surface area contributed by atoms with E-state index in [4.69, 9.17) is 4.74 Å². The van der Waals surface area contributed by atoms with E-state index < -0.39 is 0 Å². The Kier molecular flexibility index (Phi) is 11.9. The zero-order chi connectivity index (χ0) is 15.2. The fourth-order valence-corrected chi connectivity index (χ4v) is 1.56. The first-order chi connectivity index (χ1) is 9.60. The first kappa shape index (κ1) is 18.7. The molecule has 0 aromatic heterocycles. The molecule has 0 aliphatic rings. The van der Waals surface area contributed by atoms with Gasteiger partial charge in [0.25, 0.3) is 0 Å². The maximum atomic E-state index is 11.5. The molecule has 1 amide bonds. The molecule has 20 heavy (non-hydrogen) atoms. The molecule has 0 rings (SSSR count). The Morgan fingerprint density at radius 3 is 2.55 bits per heavy atom. The lowest BCUT2D eigenvalue weighted by Crippen LogP contribution is -2.39. The van der Waals surface area contributed by atoms with E-state index in [0.717, 1.165) is 19.5 Å². The number of nitrogens with zero attached hydrogens (tertiary/aromatic N) is 1. The van der Waals surface area contributed by atoms with Gasteiger partial charge >= 0.3 is 0 Å². The lowest BCUT2D eigenvalue weighted by atomic mass is 10.1. The minimum absolute atomic E-state index is 0.0959. The summed E-state index contributed by atoms with van der Waals surface area (Å²) in [4.78, 5) is 15.8. The highest BCUT2D eigenvalue weighted by molar-refractivity contribution is 5.84. The fourth-order valence-electron chi connectivity index (χ4n) is 1.56. The Bertz CT molecular complexity index is 280. The van der Waals surface area contributed by atoms with E-state index in [1.165, 1.54) is 6.42 Å². The average molecular weight is 286 g/mol. The topological polar surface area (TPSA) is 74.8 Å². The Hall–Kier alpha value is -1.30. The van der Waals surface area contributed by atoms with Gasteiger partial charge < -0.3 is 20.7 Å². The standard InChI is InChI=1S/C14H30N4O2/c1-5-15-14(17-8-6-7-12(2)3)18-11-13(19)16-9-10-20-4/h12H,5-11H2,1-4H3,(H,16,19)(H2,15,17,18). The molecule has 0 unspecified atom stereocenters. The average Bonchev–Trinajstić information content (AvgIpc) is 2.40. The monoisotopic (exact) mass is 286 g/mol. The fraction of sp³-hybridized carbons (Fsp3) is 0.857. The van der Waals surface area contributed by atoms with Gasteiger partial charge in [-0.2, -0.15) is 0 Å². The Labute approximate surface area is 122 Å². The smallest absolute Gasteiger partial charge is 0.241 e. The van der Waals surface area contributed by atoms with Gasteiger partial charge in [-0.25, -0.2) is 4.99 Å². The van der Waals surface area contributed by atoms with E-state index in [9.17, 15) is 4.79 Å². The number of hydrogen-bond acceptors (Lipinski definition) is 3. The second-order valence-corrected chi connectivity index (χ2v) is 5.00. The normalized spacial score (nSPS) is 11.6. The summed E-state index contributed by atoms with van der Waals surface area (Å²) < 4.78 is 4.87. The SMILES string of the molecule is CCNC(=NCC(=O)NCCOC)NCCCC(C)C. The van der Waals surface area contributed by atoms with Crippen molar-refractivity contribution < 1.29 is 9.53 Å². The van der Waals surface area contributed by atoms with Crippen LogP contribution in [0.1, 0.15) is 33.6 Å². The number of hydrogen-bond donors (Lipinski definition) is 3. The third-order valence-electron chi connectivity index (χ3n) is 2.60. The molecule has 0 saturated heterocycles. The van der Waals surface area contributed by atoms with Crippen molar-refractivity contribution in [2.45, 2.75) is 33.6 Å². The van der Waals surface area contributed by atoms with Crippen LogP contribution in [0.3, 0.4) is 0 Å². The van der Waals surface area contributed by atoms with E-state index in [-0.39, 0.29) is 12.5 Å². The van der Waals surface area contributed by atoms with Crippen LogP contribution in [-0.2, 0) is 9.53 Å². The Morgan fingerprint density at radius 2 is 1.95 bits per heavy atom. The number of methoxy groups -OCH3 is 1. The number of aliphatic imine (C=N–C) groups is 1. The minimum atomic E-state index is -0.0959. The lowest BCUT2D eigenvalue weighted by Gasteiger charge is -2.12. The number of amides is 1. The van der Waals surface area contributed by atoms with Crippen LogP contribution < -0.4 is 16.0 Å². The zero-order valence-electron chi connectivity index (χ0n) is 13.3. The molecule has 0 aliphatic heterocycles. The predicted molar refractivity (Wildman–Crippen MR) is 82.9 cm³/mol. The van der Waals surface area contributed by atoms with E-state index in [1.54, 1.807) is 7.11 Å². The summed E-state index contributed by atoms with van der Waals surface area (Å²) in [6, 6.07) is 0. The van der Waals surface area contributed by atoms with Gasteiger partial charge in [-0.15, -0.1) is 0 Å². The molecule has 0 fully saturated rings. The van der Waals surface area contributed by atoms with Crippen molar-refractivity contribution in [1.29, 1.82) is 0 Å². The molecule has 118 valence electrons. The molecule has 0 saturated carbocycles. The molecule has 0 spiro atoms. The number of guanidine groups is 1. The second kappa shape index (κ2) is 12.7. The van der Waals surface area contributed by atoms with Gasteiger partial charge in [0.15, 0.2) is 5.96 Å². The molecule has 0 bridgehead atoms. The van der Waals surface area contributed by atoms with Gasteiger partial charge in [0.1, 0.15) is 6.54 Å². The van der Waals surface area contributed by atoms with Crippen LogP contribution in [0.2, 0.25) is 0 Å². The van der Waals surface area contributed by atoms with Gasteiger partial charge in [-0.05, 0) is 25.7 Å². The molecule has 0 radical (unpaired) electrons. The quantitative estimate of drug-likeness (QED) is 0.315. The van der Waals surface area contributed by atoms with Crippen LogP contribution in [0.25, 0.3) is 0 Å². The highest BCUT2D eigenvalue weighted by Crippen LogP contribution is 2.01. The number of carbonyl (C=O) groups excluding carboxylic acids is 1. The molecule has 0 aromatic carbocycles. The predicted octanol–water partition coefficient (Wildman–Crippen LogP) is 0.740. The number of rotatable bonds is 10. The van der Waals surface area contributed by atoms with E-state index in [2.05, 4.69) is 34.8 Å². The van der Waals surface area contributed by atoms with Crippen LogP contribution in [-0.4, -0.2) is 51.8 Å². The summed E-state index contributed by atoms with van der Waals surface area (Å²) in [5.74, 6) is 1.31. The molecule has 0 atom stereocenters. The third-order valence-corrected chi connectivity index (χ3v) is 2.60. The van der Waals surface area contributed by atoms with Crippen molar-refractivity contribution in [3.63, 3.8) is 0 Å². The highest BCUT2D eigenvalue weighted by Gasteiger charge is 2.01. The molecule has 0 heterocycles. The highest BCUT2D eigenvalue weighted by atomic mass is 16.5. The van der Waals surface area contributed by atoms with Crippen molar-refractivity contribution in [1.82, 2.24) is 16.0 Å². The van der Waals surface area contributed by atoms with Crippen molar-refractivity contribution in [3.05, 3.63) is 0 Å². The van der Waals surface area contributed by atoms with Crippen LogP contribution >= 0.6 is 0 Å². The zero-order valence-corrected chi connectivity index (χ0v) is 13.3. The summed E-state index contributed by atoms with van der Waals surface area (Å²) >= 11 is 0. The molecule has 6 heteroatoms. The van der Waals surface area contributed by atoms with Crippen LogP contribution in [0.4, 0.5) is 0 Å². The first-order valence-electron chi connectivity index (χ1n) is 7.38. The largest absolute Gasteiger partial charge is 0.383 e. The minimum Gasteiger partial charge on any atom is -0.383 e. The molecule has 0 aliphatic carbocycles. The second-order valence-electron chi connectivity index (χ2n) is 5.00. The van der Waals surface area contributed by atoms with Gasteiger partial charge in [0, 0.05) is 26.7 Å². The molecular formula is C14H30N4O2. The summed E-state index contributed by atoms with van der Waals surface area (Å²) in [5.41, 5.74) is 0. The van der Waals surface area contributed by atoms with E-state index in [1.807, 2.05) is 6.92 Å².